The van der Waals surface area contributed by atoms with Gasteiger partial charge in [-0.3, -0.25) is 18.9 Å². The van der Waals surface area contributed by atoms with Crippen molar-refractivity contribution in [1.82, 2.24) is 9.55 Å². The molecular weight excluding hydrogens is 534 g/mol. The van der Waals surface area contributed by atoms with E-state index in [4.69, 9.17) is 26.7 Å². The third-order valence-corrected chi connectivity index (χ3v) is 8.43. The Morgan fingerprint density at radius 2 is 1.88 bits per heavy atom. The summed E-state index contributed by atoms with van der Waals surface area (Å²) in [5, 5.41) is 9.81. The number of phosphoric acid groups is 3. The number of nitrogens with zero attached hydrogens (tertiary/aromatic N) is 1. The van der Waals surface area contributed by atoms with Crippen LogP contribution in [0.5, 0.6) is 0 Å². The van der Waals surface area contributed by atoms with Crippen molar-refractivity contribution in [2.45, 2.75) is 30.9 Å². The first-order valence-corrected chi connectivity index (χ1v) is 13.2. The summed E-state index contributed by atoms with van der Waals surface area (Å²) in [6.07, 6.45) is 0.846. The summed E-state index contributed by atoms with van der Waals surface area (Å²) in [7, 11) is -17.1. The molecule has 0 spiro atoms. The van der Waals surface area contributed by atoms with Gasteiger partial charge >= 0.3 is 29.2 Å². The predicted molar refractivity (Wildman–Crippen MR) is 106 cm³/mol. The minimum absolute atomic E-state index is 0.425. The van der Waals surface area contributed by atoms with Crippen LogP contribution in [-0.4, -0.2) is 58.6 Å². The topological polar surface area (TPSA) is 270 Å². The number of terminal acetylenes is 1. The smallest absolute Gasteiger partial charge is 0.396 e. The number of halogens is 1. The van der Waals surface area contributed by atoms with Gasteiger partial charge in [0.05, 0.1) is 25.0 Å². The third-order valence-electron chi connectivity index (χ3n) is 4.51. The molecule has 0 aromatic carbocycles. The first kappa shape index (κ1) is 28.7. The minimum atomic E-state index is -5.82. The van der Waals surface area contributed by atoms with Gasteiger partial charge in [-0.15, -0.1) is 6.42 Å². The summed E-state index contributed by atoms with van der Waals surface area (Å²) in [5.74, 6) is -0.734. The largest absolute Gasteiger partial charge is 0.490 e. The number of ether oxygens (including phenoxy) is 1. The minimum Gasteiger partial charge on any atom is -0.396 e. The molecule has 2 heterocycles. The van der Waals surface area contributed by atoms with Crippen LogP contribution in [0.3, 0.4) is 0 Å². The van der Waals surface area contributed by atoms with Crippen LogP contribution >= 0.6 is 23.5 Å². The molecule has 0 amide bonds. The van der Waals surface area contributed by atoms with E-state index in [9.17, 15) is 42.6 Å². The molecule has 21 heteroatoms. The molecule has 1 aromatic rings. The number of rotatable bonds is 9. The van der Waals surface area contributed by atoms with Gasteiger partial charge in [-0.05, 0) is 6.92 Å². The van der Waals surface area contributed by atoms with Crippen molar-refractivity contribution in [2.75, 3.05) is 6.61 Å². The molecule has 17 nitrogen and oxygen atoms in total. The van der Waals surface area contributed by atoms with Gasteiger partial charge in [0.25, 0.3) is 5.56 Å². The fourth-order valence-electron chi connectivity index (χ4n) is 3.18. The second-order valence-electron chi connectivity index (χ2n) is 6.86. The molecule has 0 saturated carbocycles. The van der Waals surface area contributed by atoms with Gasteiger partial charge in [0.1, 0.15) is 5.54 Å². The summed E-state index contributed by atoms with van der Waals surface area (Å²) in [6, 6.07) is 0. The van der Waals surface area contributed by atoms with Crippen LogP contribution in [0, 0.1) is 24.1 Å². The summed E-state index contributed by atoms with van der Waals surface area (Å²) < 4.78 is 65.9. The molecule has 1 fully saturated rings. The summed E-state index contributed by atoms with van der Waals surface area (Å²) in [4.78, 5) is 61.2. The molecular formula is C13H19FN3O14P3. The number of hydrogen-bond donors (Lipinski definition) is 7. The molecule has 34 heavy (non-hydrogen) atoms. The lowest BCUT2D eigenvalue weighted by Gasteiger charge is -2.30. The maximum Gasteiger partial charge on any atom is 0.490 e. The van der Waals surface area contributed by atoms with E-state index in [-0.39, 0.29) is 0 Å². The highest BCUT2D eigenvalue weighted by Gasteiger charge is 2.57. The fraction of sp³-hybridized carbons (Fsp3) is 0.538. The number of phosphoric ester groups is 1. The lowest BCUT2D eigenvalue weighted by Crippen LogP contribution is -2.54. The fourth-order valence-corrected chi connectivity index (χ4v) is 6.38. The molecule has 1 aliphatic heterocycles. The lowest BCUT2D eigenvalue weighted by molar-refractivity contribution is -0.0685. The maximum absolute atomic E-state index is 13.8. The number of aromatic nitrogens is 2. The van der Waals surface area contributed by atoms with Crippen molar-refractivity contribution in [3.05, 3.63) is 32.9 Å². The monoisotopic (exact) mass is 553 g/mol. The highest BCUT2D eigenvalue weighted by Crippen LogP contribution is 2.66. The Hall–Kier alpha value is -1.54. The van der Waals surface area contributed by atoms with E-state index < -0.39 is 77.0 Å². The molecule has 4 unspecified atom stereocenters. The Morgan fingerprint density at radius 3 is 2.38 bits per heavy atom. The van der Waals surface area contributed by atoms with Crippen LogP contribution in [0.1, 0.15) is 13.2 Å². The highest BCUT2D eigenvalue weighted by atomic mass is 31.3. The molecule has 0 aliphatic carbocycles. The normalized spacial score (nSPS) is 29.7. The van der Waals surface area contributed by atoms with E-state index in [1.54, 1.807) is 4.98 Å². The van der Waals surface area contributed by atoms with Crippen molar-refractivity contribution in [3.63, 3.8) is 0 Å². The van der Waals surface area contributed by atoms with Crippen LogP contribution in [0.15, 0.2) is 15.8 Å². The SMILES string of the molecule is C#CC1(N)C(CO)[C@@H]([C@@H](C)OP(=O)(O)OP(=O)(O)OP(=O)(O)O)O[C@H]1n1cc(F)c(=O)[nH]c1=O. The van der Waals surface area contributed by atoms with Crippen molar-refractivity contribution in [3.8, 4) is 12.3 Å². The van der Waals surface area contributed by atoms with Gasteiger partial charge in [-0.2, -0.15) is 13.0 Å². The van der Waals surface area contributed by atoms with Crippen LogP contribution in [0.25, 0.3) is 0 Å². The number of hydrogen-bond acceptors (Lipinski definition) is 11. The number of aliphatic hydroxyl groups is 1. The molecule has 0 radical (unpaired) electrons. The van der Waals surface area contributed by atoms with E-state index in [1.165, 1.54) is 0 Å². The van der Waals surface area contributed by atoms with Crippen LogP contribution in [-0.2, 0) is 31.6 Å². The van der Waals surface area contributed by atoms with E-state index in [0.29, 0.717) is 10.8 Å². The van der Waals surface area contributed by atoms with Gasteiger partial charge in [0.15, 0.2) is 6.23 Å². The van der Waals surface area contributed by atoms with Gasteiger partial charge in [-0.1, -0.05) is 5.92 Å². The first-order chi connectivity index (χ1) is 15.4. The third kappa shape index (κ3) is 6.36. The summed E-state index contributed by atoms with van der Waals surface area (Å²) >= 11 is 0. The summed E-state index contributed by atoms with van der Waals surface area (Å²) in [5.41, 5.74) is 1.44. The second-order valence-corrected chi connectivity index (χ2v) is 11.2. The summed E-state index contributed by atoms with van der Waals surface area (Å²) in [6.45, 7) is 0.133. The van der Waals surface area contributed by atoms with Crippen LogP contribution in [0.2, 0.25) is 0 Å². The number of nitrogens with two attached hydrogens (primary N) is 1. The molecule has 1 aromatic heterocycles. The van der Waals surface area contributed by atoms with E-state index in [1.807, 2.05) is 0 Å². The molecule has 192 valence electrons. The molecule has 7 atom stereocenters. The standard InChI is InChI=1S/C13H19FN3O14P3/c1-3-13(15)7(5-18)9(28-11(13)17-4-8(14)10(19)16-12(17)20)6(2)29-33(24,25)31-34(26,27)30-32(21,22)23/h1,4,6-7,9,11,18H,5,15H2,2H3,(H,24,25)(H,26,27)(H,16,19,20)(H2,21,22,23)/t6-,7?,9-,11-,13?/m1/s1. The van der Waals surface area contributed by atoms with E-state index in [0.717, 1.165) is 6.92 Å². The highest BCUT2D eigenvalue weighted by molar-refractivity contribution is 7.66. The van der Waals surface area contributed by atoms with Crippen molar-refractivity contribution < 1.29 is 60.6 Å². The molecule has 2 rings (SSSR count). The Bertz CT molecular complexity index is 1240. The zero-order chi connectivity index (χ0) is 26.3. The van der Waals surface area contributed by atoms with Crippen molar-refractivity contribution >= 4 is 23.5 Å². The van der Waals surface area contributed by atoms with Gasteiger partial charge in [0, 0.05) is 5.92 Å². The van der Waals surface area contributed by atoms with Gasteiger partial charge in [0.2, 0.25) is 5.82 Å². The van der Waals surface area contributed by atoms with Crippen molar-refractivity contribution in [1.29, 1.82) is 0 Å². The average Bonchev–Trinajstić information content (AvgIpc) is 2.94. The van der Waals surface area contributed by atoms with Crippen LogP contribution in [0.4, 0.5) is 4.39 Å². The van der Waals surface area contributed by atoms with Gasteiger partial charge < -0.3 is 35.2 Å². The molecule has 0 bridgehead atoms. The molecule has 1 aliphatic rings. The number of aromatic amines is 1. The Labute approximate surface area is 188 Å². The Kier molecular flexibility index (Phi) is 8.31. The maximum atomic E-state index is 13.8. The Morgan fingerprint density at radius 1 is 1.29 bits per heavy atom. The second kappa shape index (κ2) is 9.84. The molecule has 8 N–H and O–H groups in total. The van der Waals surface area contributed by atoms with Crippen molar-refractivity contribution in [2.24, 2.45) is 11.7 Å². The van der Waals surface area contributed by atoms with Crippen LogP contribution < -0.4 is 17.0 Å². The first-order valence-electron chi connectivity index (χ1n) is 8.72. The van der Waals surface area contributed by atoms with Gasteiger partial charge in [-0.25, -0.2) is 18.5 Å². The Balaban J connectivity index is 2.37. The molecule has 1 saturated heterocycles. The quantitative estimate of drug-likeness (QED) is 0.132. The predicted octanol–water partition coefficient (Wildman–Crippen LogP) is -1.76. The van der Waals surface area contributed by atoms with E-state index in [2.05, 4.69) is 19.1 Å². The zero-order valence-corrected chi connectivity index (χ0v) is 19.5. The lowest BCUT2D eigenvalue weighted by atomic mass is 9.82. The number of nitrogens with one attached hydrogen (secondary N) is 1. The average molecular weight is 553 g/mol. The van der Waals surface area contributed by atoms with E-state index >= 15 is 0 Å². The zero-order valence-electron chi connectivity index (χ0n) is 16.8. The number of aliphatic hydroxyl groups excluding tert-OH is 1. The number of H-pyrrole nitrogens is 1.